The Kier molecular flexibility index (Phi) is 5.19. The molecule has 1 aromatic carbocycles. The standard InChI is InChI=1S/C17H20FNO2S/c1-4-21-14-9-10-22-15(14)16(20)19-17(2,3)11-12-5-7-13(18)8-6-12/h5-10H,4,11H2,1-3H3,(H,19,20). The molecule has 1 heterocycles. The van der Waals surface area contributed by atoms with Crippen molar-refractivity contribution in [3.8, 4) is 5.75 Å². The quantitative estimate of drug-likeness (QED) is 0.872. The Hall–Kier alpha value is -1.88. The van der Waals surface area contributed by atoms with Crippen LogP contribution in [0, 0.1) is 5.82 Å². The molecule has 0 saturated heterocycles. The topological polar surface area (TPSA) is 38.3 Å². The van der Waals surface area contributed by atoms with Crippen LogP contribution in [-0.2, 0) is 6.42 Å². The molecule has 0 aliphatic rings. The lowest BCUT2D eigenvalue weighted by atomic mass is 9.95. The molecule has 0 aliphatic heterocycles. The van der Waals surface area contributed by atoms with Crippen molar-refractivity contribution in [1.29, 1.82) is 0 Å². The second kappa shape index (κ2) is 6.92. The number of hydrogen-bond acceptors (Lipinski definition) is 3. The first-order chi connectivity index (χ1) is 10.4. The predicted molar refractivity (Wildman–Crippen MR) is 87.1 cm³/mol. The van der Waals surface area contributed by atoms with E-state index in [4.69, 9.17) is 4.74 Å². The molecule has 2 aromatic rings. The summed E-state index contributed by atoms with van der Waals surface area (Å²) in [5.41, 5.74) is 0.533. The summed E-state index contributed by atoms with van der Waals surface area (Å²) in [4.78, 5) is 13.0. The fraction of sp³-hybridized carbons (Fsp3) is 0.353. The number of rotatable bonds is 6. The Morgan fingerprint density at radius 1 is 1.27 bits per heavy atom. The molecule has 2 rings (SSSR count). The minimum Gasteiger partial charge on any atom is -0.492 e. The molecule has 118 valence electrons. The lowest BCUT2D eigenvalue weighted by Crippen LogP contribution is -2.45. The van der Waals surface area contributed by atoms with E-state index in [9.17, 15) is 9.18 Å². The summed E-state index contributed by atoms with van der Waals surface area (Å²) < 4.78 is 18.4. The van der Waals surface area contributed by atoms with Gasteiger partial charge in [-0.15, -0.1) is 11.3 Å². The number of nitrogens with one attached hydrogen (secondary N) is 1. The number of ether oxygens (including phenoxy) is 1. The van der Waals surface area contributed by atoms with Crippen LogP contribution in [0.2, 0.25) is 0 Å². The lowest BCUT2D eigenvalue weighted by Gasteiger charge is -2.26. The minimum absolute atomic E-state index is 0.148. The Morgan fingerprint density at radius 3 is 2.59 bits per heavy atom. The van der Waals surface area contributed by atoms with Crippen LogP contribution in [-0.4, -0.2) is 18.1 Å². The first kappa shape index (κ1) is 16.5. The molecule has 1 amide bonds. The highest BCUT2D eigenvalue weighted by Gasteiger charge is 2.24. The Bertz CT molecular complexity index is 634. The maximum absolute atomic E-state index is 13.0. The Morgan fingerprint density at radius 2 is 1.95 bits per heavy atom. The Balaban J connectivity index is 2.05. The van der Waals surface area contributed by atoms with Crippen molar-refractivity contribution in [2.45, 2.75) is 32.7 Å². The van der Waals surface area contributed by atoms with Gasteiger partial charge in [-0.25, -0.2) is 4.39 Å². The third kappa shape index (κ3) is 4.31. The summed E-state index contributed by atoms with van der Waals surface area (Å²) in [7, 11) is 0. The van der Waals surface area contributed by atoms with Gasteiger partial charge in [-0.2, -0.15) is 0 Å². The van der Waals surface area contributed by atoms with Crippen molar-refractivity contribution in [2.24, 2.45) is 0 Å². The number of thiophene rings is 1. The van der Waals surface area contributed by atoms with Gasteiger partial charge in [-0.1, -0.05) is 12.1 Å². The Labute approximate surface area is 134 Å². The van der Waals surface area contributed by atoms with Crippen LogP contribution in [0.1, 0.15) is 36.0 Å². The molecule has 22 heavy (non-hydrogen) atoms. The fourth-order valence-electron chi connectivity index (χ4n) is 2.25. The van der Waals surface area contributed by atoms with Gasteiger partial charge in [0.2, 0.25) is 0 Å². The smallest absolute Gasteiger partial charge is 0.265 e. The highest BCUT2D eigenvalue weighted by Crippen LogP contribution is 2.25. The summed E-state index contributed by atoms with van der Waals surface area (Å²) >= 11 is 1.36. The van der Waals surface area contributed by atoms with Crippen LogP contribution in [0.3, 0.4) is 0 Å². The lowest BCUT2D eigenvalue weighted by molar-refractivity contribution is 0.0914. The normalized spacial score (nSPS) is 11.3. The van der Waals surface area contributed by atoms with Gasteiger partial charge < -0.3 is 10.1 Å². The molecular formula is C17H20FNO2S. The van der Waals surface area contributed by atoms with E-state index >= 15 is 0 Å². The number of carbonyl (C=O) groups excluding carboxylic acids is 1. The highest BCUT2D eigenvalue weighted by molar-refractivity contribution is 7.12. The summed E-state index contributed by atoms with van der Waals surface area (Å²) in [6.07, 6.45) is 0.619. The molecule has 0 saturated carbocycles. The second-order valence-electron chi connectivity index (χ2n) is 5.69. The maximum atomic E-state index is 13.0. The van der Waals surface area contributed by atoms with E-state index in [1.165, 1.54) is 23.5 Å². The molecular weight excluding hydrogens is 301 g/mol. The van der Waals surface area contributed by atoms with E-state index in [2.05, 4.69) is 5.32 Å². The number of benzene rings is 1. The van der Waals surface area contributed by atoms with Gasteiger partial charge in [0.15, 0.2) is 0 Å². The molecule has 0 aliphatic carbocycles. The molecule has 3 nitrogen and oxygen atoms in total. The van der Waals surface area contributed by atoms with Crippen LogP contribution in [0.4, 0.5) is 4.39 Å². The molecule has 0 radical (unpaired) electrons. The van der Waals surface area contributed by atoms with E-state index in [1.54, 1.807) is 18.2 Å². The molecule has 0 unspecified atom stereocenters. The van der Waals surface area contributed by atoms with Crippen molar-refractivity contribution >= 4 is 17.2 Å². The van der Waals surface area contributed by atoms with Crippen molar-refractivity contribution in [2.75, 3.05) is 6.61 Å². The maximum Gasteiger partial charge on any atom is 0.265 e. The average molecular weight is 321 g/mol. The van der Waals surface area contributed by atoms with Crippen LogP contribution >= 0.6 is 11.3 Å². The zero-order valence-corrected chi connectivity index (χ0v) is 13.8. The molecule has 1 N–H and O–H groups in total. The van der Waals surface area contributed by atoms with E-state index in [0.717, 1.165) is 5.56 Å². The molecule has 5 heteroatoms. The van der Waals surface area contributed by atoms with Crippen LogP contribution in [0.25, 0.3) is 0 Å². The van der Waals surface area contributed by atoms with Gasteiger partial charge in [0.1, 0.15) is 16.4 Å². The van der Waals surface area contributed by atoms with Crippen LogP contribution in [0.5, 0.6) is 5.75 Å². The zero-order chi connectivity index (χ0) is 16.2. The number of carbonyl (C=O) groups is 1. The van der Waals surface area contributed by atoms with Crippen LogP contribution < -0.4 is 10.1 Å². The van der Waals surface area contributed by atoms with Gasteiger partial charge >= 0.3 is 0 Å². The zero-order valence-electron chi connectivity index (χ0n) is 13.0. The molecule has 0 atom stereocenters. The fourth-order valence-corrected chi connectivity index (χ4v) is 2.98. The van der Waals surface area contributed by atoms with Gasteiger partial charge in [0.05, 0.1) is 6.61 Å². The molecule has 0 spiro atoms. The summed E-state index contributed by atoms with van der Waals surface area (Å²) in [5, 5.41) is 4.86. The van der Waals surface area contributed by atoms with E-state index in [1.807, 2.05) is 26.2 Å². The van der Waals surface area contributed by atoms with E-state index in [-0.39, 0.29) is 11.7 Å². The third-order valence-corrected chi connectivity index (χ3v) is 4.04. The number of hydrogen-bond donors (Lipinski definition) is 1. The van der Waals surface area contributed by atoms with Crippen molar-refractivity contribution in [1.82, 2.24) is 5.32 Å². The van der Waals surface area contributed by atoms with Crippen molar-refractivity contribution in [3.05, 3.63) is 52.0 Å². The second-order valence-corrected chi connectivity index (χ2v) is 6.60. The van der Waals surface area contributed by atoms with Gasteiger partial charge in [0.25, 0.3) is 5.91 Å². The highest BCUT2D eigenvalue weighted by atomic mass is 32.1. The van der Waals surface area contributed by atoms with Gasteiger partial charge in [0, 0.05) is 5.54 Å². The summed E-state index contributed by atoms with van der Waals surface area (Å²) in [6.45, 7) is 6.30. The van der Waals surface area contributed by atoms with Crippen molar-refractivity contribution < 1.29 is 13.9 Å². The number of halogens is 1. The molecule has 0 fully saturated rings. The monoisotopic (exact) mass is 321 g/mol. The summed E-state index contributed by atoms with van der Waals surface area (Å²) in [5.74, 6) is 0.207. The molecule has 0 bridgehead atoms. The average Bonchev–Trinajstić information content (AvgIpc) is 2.89. The van der Waals surface area contributed by atoms with Crippen LogP contribution in [0.15, 0.2) is 35.7 Å². The van der Waals surface area contributed by atoms with Crippen molar-refractivity contribution in [3.63, 3.8) is 0 Å². The third-order valence-electron chi connectivity index (χ3n) is 3.15. The minimum atomic E-state index is -0.442. The van der Waals surface area contributed by atoms with E-state index in [0.29, 0.717) is 23.7 Å². The predicted octanol–water partition coefficient (Wildman–Crippen LogP) is 4.04. The van der Waals surface area contributed by atoms with E-state index < -0.39 is 5.54 Å². The van der Waals surface area contributed by atoms with Gasteiger partial charge in [-0.05, 0) is 56.3 Å². The SMILES string of the molecule is CCOc1ccsc1C(=O)NC(C)(C)Cc1ccc(F)cc1. The van der Waals surface area contributed by atoms with Gasteiger partial charge in [-0.3, -0.25) is 4.79 Å². The first-order valence-corrected chi connectivity index (χ1v) is 8.06. The summed E-state index contributed by atoms with van der Waals surface area (Å²) in [6, 6.07) is 8.13. The molecule has 1 aromatic heterocycles. The first-order valence-electron chi connectivity index (χ1n) is 7.18. The number of amides is 1. The largest absolute Gasteiger partial charge is 0.492 e.